The number of rotatable bonds is 4. The van der Waals surface area contributed by atoms with Crippen LogP contribution in [0.15, 0.2) is 34.9 Å². The molecule has 5 heteroatoms. The Labute approximate surface area is 120 Å². The number of hydrogen-bond donors (Lipinski definition) is 1. The SMILES string of the molecule is CCc1nc(Br)cc(NC(C)c2cccc(F)c2)n1. The molecular formula is C14H15BrFN3. The van der Waals surface area contributed by atoms with Gasteiger partial charge in [-0.3, -0.25) is 0 Å². The van der Waals surface area contributed by atoms with Gasteiger partial charge in [0.05, 0.1) is 6.04 Å². The lowest BCUT2D eigenvalue weighted by atomic mass is 10.1. The van der Waals surface area contributed by atoms with Crippen LogP contribution in [0.2, 0.25) is 0 Å². The van der Waals surface area contributed by atoms with Gasteiger partial charge in [0.2, 0.25) is 0 Å². The van der Waals surface area contributed by atoms with Gasteiger partial charge in [0.25, 0.3) is 0 Å². The van der Waals surface area contributed by atoms with Gasteiger partial charge in [0, 0.05) is 12.5 Å². The summed E-state index contributed by atoms with van der Waals surface area (Å²) in [6.07, 6.45) is 0.766. The smallest absolute Gasteiger partial charge is 0.131 e. The molecule has 0 aliphatic rings. The molecule has 0 aliphatic carbocycles. The van der Waals surface area contributed by atoms with E-state index in [1.807, 2.05) is 26.0 Å². The van der Waals surface area contributed by atoms with E-state index in [4.69, 9.17) is 0 Å². The van der Waals surface area contributed by atoms with E-state index in [0.29, 0.717) is 0 Å². The topological polar surface area (TPSA) is 37.8 Å². The van der Waals surface area contributed by atoms with Gasteiger partial charge in [0.15, 0.2) is 0 Å². The van der Waals surface area contributed by atoms with E-state index in [9.17, 15) is 4.39 Å². The molecule has 0 aliphatic heterocycles. The molecule has 0 saturated heterocycles. The van der Waals surface area contributed by atoms with E-state index in [1.165, 1.54) is 12.1 Å². The van der Waals surface area contributed by atoms with Crippen LogP contribution in [-0.4, -0.2) is 9.97 Å². The lowest BCUT2D eigenvalue weighted by molar-refractivity contribution is 0.623. The van der Waals surface area contributed by atoms with Crippen LogP contribution in [0, 0.1) is 5.82 Å². The van der Waals surface area contributed by atoms with Gasteiger partial charge in [-0.2, -0.15) is 0 Å². The minimum atomic E-state index is -0.232. The van der Waals surface area contributed by atoms with E-state index in [-0.39, 0.29) is 11.9 Å². The second-order valence-corrected chi connectivity index (χ2v) is 5.08. The van der Waals surface area contributed by atoms with Crippen LogP contribution >= 0.6 is 15.9 Å². The van der Waals surface area contributed by atoms with Crippen molar-refractivity contribution in [2.75, 3.05) is 5.32 Å². The Balaban J connectivity index is 2.18. The molecule has 3 nitrogen and oxygen atoms in total. The molecule has 19 heavy (non-hydrogen) atoms. The zero-order valence-corrected chi connectivity index (χ0v) is 12.4. The summed E-state index contributed by atoms with van der Waals surface area (Å²) in [6, 6.07) is 8.34. The highest BCUT2D eigenvalue weighted by molar-refractivity contribution is 9.10. The molecule has 1 aromatic carbocycles. The molecular weight excluding hydrogens is 309 g/mol. The van der Waals surface area contributed by atoms with Crippen molar-refractivity contribution in [3.8, 4) is 0 Å². The largest absolute Gasteiger partial charge is 0.363 e. The third-order valence-electron chi connectivity index (χ3n) is 2.77. The highest BCUT2D eigenvalue weighted by Gasteiger charge is 2.08. The maximum absolute atomic E-state index is 13.2. The summed E-state index contributed by atoms with van der Waals surface area (Å²) in [6.45, 7) is 3.97. The van der Waals surface area contributed by atoms with Crippen molar-refractivity contribution < 1.29 is 4.39 Å². The maximum atomic E-state index is 13.2. The first-order valence-corrected chi connectivity index (χ1v) is 6.93. The van der Waals surface area contributed by atoms with Crippen LogP contribution in [0.4, 0.5) is 10.2 Å². The number of hydrogen-bond acceptors (Lipinski definition) is 3. The molecule has 0 saturated carbocycles. The molecule has 0 bridgehead atoms. The minimum Gasteiger partial charge on any atom is -0.363 e. The molecule has 0 spiro atoms. The second kappa shape index (κ2) is 6.10. The molecule has 1 aromatic heterocycles. The molecule has 1 heterocycles. The Morgan fingerprint density at radius 1 is 1.32 bits per heavy atom. The van der Waals surface area contributed by atoms with Crippen LogP contribution in [-0.2, 0) is 6.42 Å². The summed E-state index contributed by atoms with van der Waals surface area (Å²) in [5, 5.41) is 3.25. The van der Waals surface area contributed by atoms with E-state index < -0.39 is 0 Å². The molecule has 2 aromatic rings. The highest BCUT2D eigenvalue weighted by atomic mass is 79.9. The van der Waals surface area contributed by atoms with Crippen LogP contribution in [0.3, 0.4) is 0 Å². The first-order chi connectivity index (χ1) is 9.08. The van der Waals surface area contributed by atoms with E-state index in [2.05, 4.69) is 31.2 Å². The summed E-state index contributed by atoms with van der Waals surface area (Å²) in [5.41, 5.74) is 0.882. The molecule has 0 amide bonds. The van der Waals surface area contributed by atoms with Crippen molar-refractivity contribution in [2.45, 2.75) is 26.3 Å². The van der Waals surface area contributed by atoms with Crippen molar-refractivity contribution in [1.29, 1.82) is 0 Å². The summed E-state index contributed by atoms with van der Waals surface area (Å²) < 4.78 is 13.9. The number of aryl methyl sites for hydroxylation is 1. The zero-order valence-electron chi connectivity index (χ0n) is 10.8. The Kier molecular flexibility index (Phi) is 4.47. The fraction of sp³-hybridized carbons (Fsp3) is 0.286. The molecule has 1 unspecified atom stereocenters. The number of aromatic nitrogens is 2. The summed E-state index contributed by atoms with van der Waals surface area (Å²) in [4.78, 5) is 8.65. The fourth-order valence-electron chi connectivity index (χ4n) is 1.78. The molecule has 1 N–H and O–H groups in total. The number of benzene rings is 1. The number of anilines is 1. The summed E-state index contributed by atoms with van der Waals surface area (Å²) >= 11 is 3.36. The third-order valence-corrected chi connectivity index (χ3v) is 3.18. The van der Waals surface area contributed by atoms with Gasteiger partial charge in [0.1, 0.15) is 22.1 Å². The third kappa shape index (κ3) is 3.73. The Hall–Kier alpha value is -1.49. The predicted molar refractivity (Wildman–Crippen MR) is 77.5 cm³/mol. The summed E-state index contributed by atoms with van der Waals surface area (Å²) in [5.74, 6) is 1.27. The number of nitrogens with zero attached hydrogens (tertiary/aromatic N) is 2. The minimum absolute atomic E-state index is 0.0257. The van der Waals surface area contributed by atoms with Gasteiger partial charge in [-0.1, -0.05) is 19.1 Å². The van der Waals surface area contributed by atoms with Crippen molar-refractivity contribution in [1.82, 2.24) is 9.97 Å². The van der Waals surface area contributed by atoms with Crippen LogP contribution in [0.1, 0.15) is 31.3 Å². The van der Waals surface area contributed by atoms with Gasteiger partial charge in [-0.15, -0.1) is 0 Å². The normalized spacial score (nSPS) is 12.2. The zero-order chi connectivity index (χ0) is 13.8. The molecule has 0 fully saturated rings. The second-order valence-electron chi connectivity index (χ2n) is 4.27. The first kappa shape index (κ1) is 13.9. The molecule has 0 radical (unpaired) electrons. The van der Waals surface area contributed by atoms with E-state index in [1.54, 1.807) is 6.07 Å². The maximum Gasteiger partial charge on any atom is 0.131 e. The van der Waals surface area contributed by atoms with Gasteiger partial charge >= 0.3 is 0 Å². The monoisotopic (exact) mass is 323 g/mol. The Morgan fingerprint density at radius 3 is 2.79 bits per heavy atom. The summed E-state index contributed by atoms with van der Waals surface area (Å²) in [7, 11) is 0. The van der Waals surface area contributed by atoms with Crippen molar-refractivity contribution in [2.24, 2.45) is 0 Å². The average molecular weight is 324 g/mol. The van der Waals surface area contributed by atoms with Gasteiger partial charge in [-0.25, -0.2) is 14.4 Å². The van der Waals surface area contributed by atoms with Crippen molar-refractivity contribution >= 4 is 21.7 Å². The quantitative estimate of drug-likeness (QED) is 0.860. The highest BCUT2D eigenvalue weighted by Crippen LogP contribution is 2.20. The van der Waals surface area contributed by atoms with E-state index in [0.717, 1.165) is 28.2 Å². The van der Waals surface area contributed by atoms with Gasteiger partial charge < -0.3 is 5.32 Å². The lowest BCUT2D eigenvalue weighted by Gasteiger charge is -2.15. The predicted octanol–water partition coefficient (Wildman–Crippen LogP) is 4.11. The Morgan fingerprint density at radius 2 is 2.11 bits per heavy atom. The van der Waals surface area contributed by atoms with Crippen LogP contribution in [0.5, 0.6) is 0 Å². The first-order valence-electron chi connectivity index (χ1n) is 6.14. The average Bonchev–Trinajstić information content (AvgIpc) is 2.38. The van der Waals surface area contributed by atoms with Crippen molar-refractivity contribution in [3.63, 3.8) is 0 Å². The van der Waals surface area contributed by atoms with Crippen LogP contribution in [0.25, 0.3) is 0 Å². The molecule has 100 valence electrons. The van der Waals surface area contributed by atoms with Crippen molar-refractivity contribution in [3.05, 3.63) is 52.1 Å². The van der Waals surface area contributed by atoms with Crippen LogP contribution < -0.4 is 5.32 Å². The van der Waals surface area contributed by atoms with Gasteiger partial charge in [-0.05, 0) is 40.5 Å². The van der Waals surface area contributed by atoms with E-state index >= 15 is 0 Å². The lowest BCUT2D eigenvalue weighted by Crippen LogP contribution is -2.09. The Bertz CT molecular complexity index is 574. The number of nitrogens with one attached hydrogen (secondary N) is 1. The molecule has 2 rings (SSSR count). The number of halogens is 2. The molecule has 1 atom stereocenters. The fourth-order valence-corrected chi connectivity index (χ4v) is 2.20. The standard InChI is InChI=1S/C14H15BrFN3/c1-3-13-18-12(15)8-14(19-13)17-9(2)10-5-4-6-11(16)7-10/h4-9H,3H2,1-2H3,(H,17,18,19).